The third-order valence-electron chi connectivity index (χ3n) is 6.49. The second-order valence-electron chi connectivity index (χ2n) is 9.44. The quantitative estimate of drug-likeness (QED) is 0.0677. The van der Waals surface area contributed by atoms with Crippen molar-refractivity contribution in [1.82, 2.24) is 14.3 Å². The Kier molecular flexibility index (Phi) is 27.2. The van der Waals surface area contributed by atoms with Crippen LogP contribution in [0.4, 0.5) is 34.6 Å². The number of anilines is 2. The summed E-state index contributed by atoms with van der Waals surface area (Å²) in [5.41, 5.74) is 3.97. The number of imidazole rings is 1. The zero-order valence-corrected chi connectivity index (χ0v) is 35.5. The van der Waals surface area contributed by atoms with Crippen LogP contribution in [0.15, 0.2) is 87.7 Å². The number of aromatic nitrogens is 5. The van der Waals surface area contributed by atoms with Crippen LogP contribution in [0.2, 0.25) is 0 Å². The number of azo groups is 2. The van der Waals surface area contributed by atoms with Gasteiger partial charge in [0.2, 0.25) is 6.33 Å². The predicted molar refractivity (Wildman–Crippen MR) is 200 cm³/mol. The van der Waals surface area contributed by atoms with Crippen molar-refractivity contribution in [2.45, 2.75) is 13.8 Å². The maximum Gasteiger partial charge on any atom is 2.00 e. The molecule has 0 aliphatic rings. The molecule has 51 heavy (non-hydrogen) atoms. The van der Waals surface area contributed by atoms with Gasteiger partial charge in [0.15, 0.2) is 0 Å². The topological polar surface area (TPSA) is 182 Å². The van der Waals surface area contributed by atoms with Crippen LogP contribution in [0.5, 0.6) is 0 Å². The van der Waals surface area contributed by atoms with Crippen LogP contribution < -0.4 is 18.9 Å². The number of benzene rings is 2. The number of hydrogen-bond donors (Lipinski definition) is 0. The molecule has 0 saturated heterocycles. The maximum absolute atomic E-state index is 7.13. The molecule has 4 aromatic rings. The summed E-state index contributed by atoms with van der Waals surface area (Å²) < 4.78 is 7.41. The third-order valence-corrected chi connectivity index (χ3v) is 6.49. The first-order chi connectivity index (χ1) is 24.0. The molecule has 15 nitrogen and oxygen atoms in total. The van der Waals surface area contributed by atoms with Crippen molar-refractivity contribution < 1.29 is 28.6 Å². The summed E-state index contributed by atoms with van der Waals surface area (Å²) in [5, 5.41) is 55.5. The van der Waals surface area contributed by atoms with E-state index in [4.69, 9.17) is 21.0 Å². The Morgan fingerprint density at radius 1 is 0.667 bits per heavy atom. The number of likely N-dealkylation sites (N-methyl/N-ethyl adjacent to an activating group) is 2. The maximum atomic E-state index is 7.13. The van der Waals surface area contributed by atoms with E-state index in [1.165, 1.54) is 27.3 Å². The van der Waals surface area contributed by atoms with Gasteiger partial charge >= 0.3 is 31.4 Å². The normalized spacial score (nSPS) is 9.22. The van der Waals surface area contributed by atoms with Crippen molar-refractivity contribution in [1.29, 1.82) is 21.0 Å². The van der Waals surface area contributed by atoms with E-state index in [1.54, 1.807) is 11.0 Å². The second kappa shape index (κ2) is 28.8. The Morgan fingerprint density at radius 3 is 1.33 bits per heavy atom. The van der Waals surface area contributed by atoms with Crippen molar-refractivity contribution in [2.24, 2.45) is 48.6 Å². The van der Waals surface area contributed by atoms with Gasteiger partial charge in [-0.2, -0.15) is 0 Å². The predicted octanol–water partition coefficient (Wildman–Crippen LogP) is 4.65. The van der Waals surface area contributed by atoms with Crippen molar-refractivity contribution in [2.75, 3.05) is 36.0 Å². The van der Waals surface area contributed by atoms with Crippen LogP contribution in [0.3, 0.4) is 0 Å². The van der Waals surface area contributed by atoms with Gasteiger partial charge in [-0.1, -0.05) is 31.8 Å². The minimum Gasteiger partial charge on any atom is -0.696 e. The van der Waals surface area contributed by atoms with Gasteiger partial charge in [0, 0.05) is 47.8 Å². The fourth-order valence-corrected chi connectivity index (χ4v) is 4.19. The van der Waals surface area contributed by atoms with Crippen LogP contribution in [-0.2, 0) is 98.2 Å². The summed E-state index contributed by atoms with van der Waals surface area (Å²) in [4.78, 5) is 4.74. The van der Waals surface area contributed by atoms with Crippen molar-refractivity contribution in [3.63, 3.8) is 0 Å². The minimum atomic E-state index is 0. The Labute approximate surface area is 334 Å². The second-order valence-corrected chi connectivity index (χ2v) is 10.2. The van der Waals surface area contributed by atoms with Gasteiger partial charge in [0.1, 0.15) is 5.69 Å². The molecule has 0 fully saturated rings. The van der Waals surface area contributed by atoms with Gasteiger partial charge in [-0.25, -0.2) is 34.7 Å². The molecular formula is C31H37N15S4Zn. The summed E-state index contributed by atoms with van der Waals surface area (Å²) in [5.74, 6) is 1.48. The number of aryl methyl sites for hydroxylation is 4. The van der Waals surface area contributed by atoms with Crippen LogP contribution >= 0.6 is 0 Å². The SMILES string of the molecule is CCN(CCN(CC)c1ccc(N=Nc2n(C)nc[n+]2C)cc1)c1ccc(N=Nc2n(C)cc[n+]2C)cc1.N#C[S-].N#C[S-].N#C[S-].N#C[S-].[Zn+2]. The molecule has 4 rings (SSSR count). The Hall–Kier alpha value is -4.95. The molecule has 0 atom stereocenters. The van der Waals surface area contributed by atoms with E-state index < -0.39 is 0 Å². The molecule has 2 heterocycles. The number of hydrogen-bond acceptors (Lipinski definition) is 15. The van der Waals surface area contributed by atoms with E-state index in [0.29, 0.717) is 5.95 Å². The van der Waals surface area contributed by atoms with E-state index in [-0.39, 0.29) is 19.5 Å². The van der Waals surface area contributed by atoms with Crippen molar-refractivity contribution in [3.8, 4) is 21.6 Å². The fourth-order valence-electron chi connectivity index (χ4n) is 4.19. The summed E-state index contributed by atoms with van der Waals surface area (Å²) in [6, 6.07) is 16.5. The molecule has 0 radical (unpaired) electrons. The first-order valence-electron chi connectivity index (χ1n) is 14.5. The number of nitrogens with zero attached hydrogens (tertiary/aromatic N) is 15. The average molecular weight is 813 g/mol. The standard InChI is InChI=1S/C27H37N11.4CHNS.Zn/c1-7-37(24-13-9-22(10-14-24)29-31-26-33(3)17-18-34(26)4)19-20-38(8-2)25-15-11-23(12-16-25)30-32-27-35(5)21-28-36(27)6;4*2-1-3;/h9-18,21H,7-8,19-20H2,1-6H3;4*3H;/q+2;;;;;+2/p-4. The van der Waals surface area contributed by atoms with Gasteiger partial charge in [0.25, 0.3) is 0 Å². The molecule has 0 bridgehead atoms. The number of thiocyanates is 4. The average Bonchev–Trinajstić information content (AvgIpc) is 3.60. The van der Waals surface area contributed by atoms with E-state index in [9.17, 15) is 0 Å². The fraction of sp³-hybridized carbons (Fsp3) is 0.323. The number of rotatable bonds is 11. The van der Waals surface area contributed by atoms with Crippen LogP contribution in [0.25, 0.3) is 0 Å². The van der Waals surface area contributed by atoms with Gasteiger partial charge in [0.05, 0.1) is 46.3 Å². The zero-order valence-electron chi connectivity index (χ0n) is 29.2. The first kappa shape index (κ1) is 48.2. The van der Waals surface area contributed by atoms with Crippen molar-refractivity contribution in [3.05, 3.63) is 67.3 Å². The largest absolute Gasteiger partial charge is 2.00 e. The Morgan fingerprint density at radius 2 is 1.04 bits per heavy atom. The molecule has 0 amide bonds. The molecule has 0 spiro atoms. The molecule has 2 aromatic carbocycles. The third kappa shape index (κ3) is 18.0. The Balaban J connectivity index is 0. The molecule has 0 unspecified atom stereocenters. The molecule has 0 aliphatic heterocycles. The van der Waals surface area contributed by atoms with Crippen LogP contribution in [0.1, 0.15) is 13.8 Å². The summed E-state index contributed by atoms with van der Waals surface area (Å²) in [7, 11) is 7.66. The van der Waals surface area contributed by atoms with Gasteiger partial charge < -0.3 is 60.3 Å². The molecular weight excluding hydrogens is 776 g/mol. The molecule has 2 aromatic heterocycles. The molecule has 20 heteroatoms. The van der Waals surface area contributed by atoms with E-state index in [1.807, 2.05) is 78.6 Å². The van der Waals surface area contributed by atoms with Crippen LogP contribution in [0, 0.1) is 42.7 Å². The summed E-state index contributed by atoms with van der Waals surface area (Å²) >= 11 is 14.8. The van der Waals surface area contributed by atoms with E-state index >= 15 is 0 Å². The summed E-state index contributed by atoms with van der Waals surface area (Å²) in [6.45, 7) is 8.01. The van der Waals surface area contributed by atoms with Crippen LogP contribution in [-0.4, -0.2) is 40.5 Å². The van der Waals surface area contributed by atoms with Gasteiger partial charge in [-0.15, -0.1) is 4.68 Å². The molecule has 262 valence electrons. The zero-order chi connectivity index (χ0) is 37.9. The summed E-state index contributed by atoms with van der Waals surface area (Å²) in [6.07, 6.45) is 5.63. The van der Waals surface area contributed by atoms with Crippen molar-refractivity contribution >= 4 is 85.2 Å². The van der Waals surface area contributed by atoms with Gasteiger partial charge in [-0.05, 0) is 67.5 Å². The van der Waals surface area contributed by atoms with E-state index in [2.05, 4.69) is 124 Å². The number of nitriles is 4. The Bertz CT molecular complexity index is 1590. The first-order valence-corrected chi connectivity index (χ1v) is 16.2. The van der Waals surface area contributed by atoms with Gasteiger partial charge in [-0.3, -0.25) is 0 Å². The smallest absolute Gasteiger partial charge is 0.696 e. The monoisotopic (exact) mass is 811 g/mol. The molecule has 0 aliphatic carbocycles. The van der Waals surface area contributed by atoms with E-state index in [0.717, 1.165) is 49.2 Å². The minimum absolute atomic E-state index is 0. The molecule has 0 N–H and O–H groups in total. The molecule has 0 saturated carbocycles.